The van der Waals surface area contributed by atoms with Gasteiger partial charge in [0.1, 0.15) is 5.54 Å². The molecule has 10 heavy (non-hydrogen) atoms. The van der Waals surface area contributed by atoms with Gasteiger partial charge in [0, 0.05) is 0 Å². The standard InChI is InChI=1S/C8H14N2/c1-7-4-2-3-5-8(7,10)6-9/h7H,2-5,10H2,1H3/t7-,8+/m0/s1. The molecular weight excluding hydrogens is 124 g/mol. The molecule has 1 rings (SSSR count). The number of nitrogens with two attached hydrogens (primary N) is 1. The lowest BCUT2D eigenvalue weighted by Gasteiger charge is -2.32. The van der Waals surface area contributed by atoms with Crippen molar-refractivity contribution in [1.82, 2.24) is 0 Å². The molecule has 0 aromatic rings. The van der Waals surface area contributed by atoms with Crippen molar-refractivity contribution in [3.63, 3.8) is 0 Å². The van der Waals surface area contributed by atoms with Gasteiger partial charge in [-0.25, -0.2) is 0 Å². The van der Waals surface area contributed by atoms with E-state index in [0.717, 1.165) is 19.3 Å². The summed E-state index contributed by atoms with van der Waals surface area (Å²) < 4.78 is 0. The Morgan fingerprint density at radius 2 is 2.30 bits per heavy atom. The van der Waals surface area contributed by atoms with E-state index >= 15 is 0 Å². The SMILES string of the molecule is C[C@H]1CCCC[C@@]1(N)C#N. The third kappa shape index (κ3) is 1.15. The van der Waals surface area contributed by atoms with E-state index in [2.05, 4.69) is 13.0 Å². The maximum Gasteiger partial charge on any atom is 0.106 e. The Hall–Kier alpha value is -0.550. The van der Waals surface area contributed by atoms with E-state index in [1.165, 1.54) is 6.42 Å². The number of nitriles is 1. The van der Waals surface area contributed by atoms with Crippen LogP contribution >= 0.6 is 0 Å². The first-order chi connectivity index (χ1) is 4.69. The van der Waals surface area contributed by atoms with Gasteiger partial charge in [-0.3, -0.25) is 0 Å². The normalized spacial score (nSPS) is 40.7. The molecule has 0 heterocycles. The van der Waals surface area contributed by atoms with Gasteiger partial charge < -0.3 is 5.73 Å². The van der Waals surface area contributed by atoms with Crippen LogP contribution in [0.1, 0.15) is 32.6 Å². The summed E-state index contributed by atoms with van der Waals surface area (Å²) in [6, 6.07) is 2.21. The smallest absolute Gasteiger partial charge is 0.106 e. The van der Waals surface area contributed by atoms with Crippen molar-refractivity contribution >= 4 is 0 Å². The molecule has 0 amide bonds. The van der Waals surface area contributed by atoms with E-state index < -0.39 is 5.54 Å². The van der Waals surface area contributed by atoms with Crippen LogP contribution < -0.4 is 5.73 Å². The minimum Gasteiger partial charge on any atom is -0.313 e. The monoisotopic (exact) mass is 138 g/mol. The Kier molecular flexibility index (Phi) is 1.96. The predicted molar refractivity (Wildman–Crippen MR) is 40.2 cm³/mol. The first-order valence-electron chi connectivity index (χ1n) is 3.89. The number of nitrogens with zero attached hydrogens (tertiary/aromatic N) is 1. The Labute approximate surface area is 62.0 Å². The van der Waals surface area contributed by atoms with E-state index in [-0.39, 0.29) is 0 Å². The summed E-state index contributed by atoms with van der Waals surface area (Å²) in [5, 5.41) is 8.75. The molecule has 56 valence electrons. The highest BCUT2D eigenvalue weighted by Crippen LogP contribution is 2.30. The van der Waals surface area contributed by atoms with E-state index in [9.17, 15) is 0 Å². The zero-order valence-electron chi connectivity index (χ0n) is 6.43. The van der Waals surface area contributed by atoms with Gasteiger partial charge in [0.05, 0.1) is 6.07 Å². The summed E-state index contributed by atoms with van der Waals surface area (Å²) in [4.78, 5) is 0. The predicted octanol–water partition coefficient (Wildman–Crippen LogP) is 1.42. The Balaban J connectivity index is 2.65. The molecular formula is C8H14N2. The Bertz CT molecular complexity index is 159. The van der Waals surface area contributed by atoms with Crippen LogP contribution in [0.25, 0.3) is 0 Å². The molecule has 0 aliphatic heterocycles. The van der Waals surface area contributed by atoms with E-state index in [1.807, 2.05) is 0 Å². The zero-order chi connectivity index (χ0) is 7.61. The second-order valence-electron chi connectivity index (χ2n) is 3.30. The molecule has 0 spiro atoms. The molecule has 1 aliphatic rings. The van der Waals surface area contributed by atoms with Gasteiger partial charge in [-0.2, -0.15) is 5.26 Å². The van der Waals surface area contributed by atoms with Gasteiger partial charge >= 0.3 is 0 Å². The van der Waals surface area contributed by atoms with Crippen LogP contribution in [0.2, 0.25) is 0 Å². The molecule has 2 atom stereocenters. The number of rotatable bonds is 0. The van der Waals surface area contributed by atoms with Gasteiger partial charge in [0.2, 0.25) is 0 Å². The lowest BCUT2D eigenvalue weighted by Crippen LogP contribution is -2.46. The van der Waals surface area contributed by atoms with E-state index in [1.54, 1.807) is 0 Å². The quantitative estimate of drug-likeness (QED) is 0.550. The summed E-state index contributed by atoms with van der Waals surface area (Å²) in [6.07, 6.45) is 4.35. The molecule has 2 nitrogen and oxygen atoms in total. The van der Waals surface area contributed by atoms with Crippen molar-refractivity contribution < 1.29 is 0 Å². The fraction of sp³-hybridized carbons (Fsp3) is 0.875. The van der Waals surface area contributed by atoms with Crippen LogP contribution in [-0.2, 0) is 0 Å². The Morgan fingerprint density at radius 3 is 2.70 bits per heavy atom. The molecule has 0 unspecified atom stereocenters. The molecule has 0 radical (unpaired) electrons. The second-order valence-corrected chi connectivity index (χ2v) is 3.30. The van der Waals surface area contributed by atoms with Gasteiger partial charge in [-0.15, -0.1) is 0 Å². The molecule has 0 saturated heterocycles. The molecule has 2 heteroatoms. The van der Waals surface area contributed by atoms with Gasteiger partial charge in [0.15, 0.2) is 0 Å². The molecule has 1 fully saturated rings. The van der Waals surface area contributed by atoms with Gasteiger partial charge in [-0.1, -0.05) is 19.8 Å². The van der Waals surface area contributed by atoms with Crippen molar-refractivity contribution in [2.45, 2.75) is 38.1 Å². The van der Waals surface area contributed by atoms with E-state index in [0.29, 0.717) is 5.92 Å². The zero-order valence-corrected chi connectivity index (χ0v) is 6.43. The molecule has 1 aliphatic carbocycles. The molecule has 2 N–H and O–H groups in total. The third-order valence-electron chi connectivity index (χ3n) is 2.57. The van der Waals surface area contributed by atoms with Crippen LogP contribution in [0, 0.1) is 17.2 Å². The molecule has 0 bridgehead atoms. The van der Waals surface area contributed by atoms with Crippen molar-refractivity contribution in [2.24, 2.45) is 11.7 Å². The van der Waals surface area contributed by atoms with Crippen molar-refractivity contribution in [1.29, 1.82) is 5.26 Å². The largest absolute Gasteiger partial charge is 0.313 e. The summed E-state index contributed by atoms with van der Waals surface area (Å²) >= 11 is 0. The van der Waals surface area contributed by atoms with Crippen molar-refractivity contribution in [2.75, 3.05) is 0 Å². The van der Waals surface area contributed by atoms with Crippen LogP contribution in [-0.4, -0.2) is 5.54 Å². The summed E-state index contributed by atoms with van der Waals surface area (Å²) in [5.74, 6) is 0.381. The molecule has 0 aromatic carbocycles. The highest BCUT2D eigenvalue weighted by atomic mass is 14.8. The van der Waals surface area contributed by atoms with Crippen LogP contribution in [0.5, 0.6) is 0 Å². The highest BCUT2D eigenvalue weighted by molar-refractivity contribution is 5.08. The molecule has 0 aromatic heterocycles. The number of hydrogen-bond donors (Lipinski definition) is 1. The average Bonchev–Trinajstić information content (AvgIpc) is 1.96. The number of hydrogen-bond acceptors (Lipinski definition) is 2. The topological polar surface area (TPSA) is 49.8 Å². The van der Waals surface area contributed by atoms with Gasteiger partial charge in [0.25, 0.3) is 0 Å². The minimum atomic E-state index is -0.516. The average molecular weight is 138 g/mol. The van der Waals surface area contributed by atoms with Crippen LogP contribution in [0.15, 0.2) is 0 Å². The fourth-order valence-electron chi connectivity index (χ4n) is 1.54. The second kappa shape index (κ2) is 2.59. The van der Waals surface area contributed by atoms with E-state index in [4.69, 9.17) is 11.0 Å². The fourth-order valence-corrected chi connectivity index (χ4v) is 1.54. The summed E-state index contributed by atoms with van der Waals surface area (Å²) in [6.45, 7) is 2.07. The van der Waals surface area contributed by atoms with Gasteiger partial charge in [-0.05, 0) is 18.8 Å². The maximum atomic E-state index is 8.75. The molecule has 1 saturated carbocycles. The van der Waals surface area contributed by atoms with Crippen LogP contribution in [0.3, 0.4) is 0 Å². The summed E-state index contributed by atoms with van der Waals surface area (Å²) in [5.41, 5.74) is 5.33. The highest BCUT2D eigenvalue weighted by Gasteiger charge is 2.33. The Morgan fingerprint density at radius 1 is 1.60 bits per heavy atom. The van der Waals surface area contributed by atoms with Crippen LogP contribution in [0.4, 0.5) is 0 Å². The summed E-state index contributed by atoms with van der Waals surface area (Å²) in [7, 11) is 0. The first-order valence-corrected chi connectivity index (χ1v) is 3.89. The lowest BCUT2D eigenvalue weighted by atomic mass is 9.75. The first kappa shape index (κ1) is 7.56. The van der Waals surface area contributed by atoms with Crippen molar-refractivity contribution in [3.8, 4) is 6.07 Å². The third-order valence-corrected chi connectivity index (χ3v) is 2.57. The lowest BCUT2D eigenvalue weighted by molar-refractivity contribution is 0.265. The maximum absolute atomic E-state index is 8.75. The minimum absolute atomic E-state index is 0.381. The van der Waals surface area contributed by atoms with Crippen molar-refractivity contribution in [3.05, 3.63) is 0 Å².